The fraction of sp³-hybridized carbons (Fsp3) is 0.133. The molecule has 3 rings (SSSR count). The molecule has 0 aliphatic carbocycles. The third-order valence-electron chi connectivity index (χ3n) is 3.28. The Morgan fingerprint density at radius 1 is 1.14 bits per heavy atom. The molecule has 0 radical (unpaired) electrons. The second kappa shape index (κ2) is 5.89. The molecule has 2 N–H and O–H groups in total. The number of halogens is 2. The van der Waals surface area contributed by atoms with Gasteiger partial charge < -0.3 is 10.6 Å². The van der Waals surface area contributed by atoms with E-state index < -0.39 is 0 Å². The van der Waals surface area contributed by atoms with Crippen molar-refractivity contribution in [2.24, 2.45) is 0 Å². The molecule has 1 atom stereocenters. The van der Waals surface area contributed by atoms with Crippen molar-refractivity contribution >= 4 is 46.6 Å². The van der Waals surface area contributed by atoms with E-state index in [1.165, 1.54) is 11.8 Å². The zero-order valence-corrected chi connectivity index (χ0v) is 13.4. The summed E-state index contributed by atoms with van der Waals surface area (Å²) < 4.78 is 0. The summed E-state index contributed by atoms with van der Waals surface area (Å²) in [6, 6.07) is 10.9. The highest BCUT2D eigenvalue weighted by atomic mass is 35.5. The Morgan fingerprint density at radius 2 is 1.90 bits per heavy atom. The number of fused-ring (bicyclic) bond motifs is 1. The lowest BCUT2D eigenvalue weighted by Gasteiger charge is -2.10. The van der Waals surface area contributed by atoms with E-state index in [-0.39, 0.29) is 11.9 Å². The van der Waals surface area contributed by atoms with Crippen molar-refractivity contribution in [2.75, 3.05) is 12.4 Å². The molecular formula is C15H12Cl2N2OS. The first-order chi connectivity index (χ1) is 10.1. The molecule has 0 saturated carbocycles. The maximum atomic E-state index is 11.9. The molecule has 1 aliphatic heterocycles. The summed E-state index contributed by atoms with van der Waals surface area (Å²) >= 11 is 14.0. The molecule has 1 heterocycles. The van der Waals surface area contributed by atoms with Crippen LogP contribution in [0.3, 0.4) is 0 Å². The van der Waals surface area contributed by atoms with Crippen LogP contribution in [0, 0.1) is 0 Å². The van der Waals surface area contributed by atoms with Gasteiger partial charge in [-0.05, 0) is 31.3 Å². The standard InChI is InChI=1S/C15H12Cl2N2OS/c1-18-14-8-6-10(17)13(7-11(8)19-15(14)20)21-12-5-3-2-4-9(12)16/h2-7,14,18H,1H3,(H,19,20). The summed E-state index contributed by atoms with van der Waals surface area (Å²) in [5.74, 6) is -0.0662. The van der Waals surface area contributed by atoms with Crippen LogP contribution >= 0.6 is 35.0 Å². The average molecular weight is 339 g/mol. The molecule has 1 unspecified atom stereocenters. The van der Waals surface area contributed by atoms with Crippen LogP contribution in [0.2, 0.25) is 10.0 Å². The molecule has 0 spiro atoms. The van der Waals surface area contributed by atoms with Crippen molar-refractivity contribution in [3.05, 3.63) is 52.0 Å². The van der Waals surface area contributed by atoms with Gasteiger partial charge in [0.1, 0.15) is 6.04 Å². The molecule has 2 aromatic carbocycles. The Morgan fingerprint density at radius 3 is 2.62 bits per heavy atom. The van der Waals surface area contributed by atoms with Crippen LogP contribution in [0.15, 0.2) is 46.2 Å². The molecule has 21 heavy (non-hydrogen) atoms. The Labute approximate surface area is 137 Å². The molecule has 0 fully saturated rings. The third kappa shape index (κ3) is 2.77. The minimum Gasteiger partial charge on any atom is -0.324 e. The van der Waals surface area contributed by atoms with Crippen LogP contribution in [-0.2, 0) is 4.79 Å². The molecule has 1 amide bonds. The number of hydrogen-bond donors (Lipinski definition) is 2. The van der Waals surface area contributed by atoms with Gasteiger partial charge in [0.25, 0.3) is 0 Å². The molecule has 3 nitrogen and oxygen atoms in total. The minimum absolute atomic E-state index is 0.0662. The van der Waals surface area contributed by atoms with Crippen molar-refractivity contribution in [3.63, 3.8) is 0 Å². The van der Waals surface area contributed by atoms with Crippen LogP contribution in [-0.4, -0.2) is 13.0 Å². The average Bonchev–Trinajstić information content (AvgIpc) is 2.76. The predicted octanol–water partition coefficient (Wildman–Crippen LogP) is 4.36. The van der Waals surface area contributed by atoms with Gasteiger partial charge >= 0.3 is 0 Å². The number of amides is 1. The first-order valence-corrected chi connectivity index (χ1v) is 7.91. The second-order valence-corrected chi connectivity index (χ2v) is 6.51. The van der Waals surface area contributed by atoms with E-state index in [1.807, 2.05) is 36.4 Å². The van der Waals surface area contributed by atoms with Gasteiger partial charge in [0, 0.05) is 21.0 Å². The van der Waals surface area contributed by atoms with Gasteiger partial charge in [-0.2, -0.15) is 0 Å². The predicted molar refractivity (Wildman–Crippen MR) is 87.5 cm³/mol. The highest BCUT2D eigenvalue weighted by Crippen LogP contribution is 2.42. The largest absolute Gasteiger partial charge is 0.324 e. The minimum atomic E-state index is -0.350. The van der Waals surface area contributed by atoms with Gasteiger partial charge in [-0.3, -0.25) is 4.79 Å². The van der Waals surface area contributed by atoms with Crippen LogP contribution in [0.5, 0.6) is 0 Å². The quantitative estimate of drug-likeness (QED) is 0.873. The van der Waals surface area contributed by atoms with Crippen molar-refractivity contribution < 1.29 is 4.79 Å². The monoisotopic (exact) mass is 338 g/mol. The summed E-state index contributed by atoms with van der Waals surface area (Å²) in [5.41, 5.74) is 1.66. The van der Waals surface area contributed by atoms with Crippen LogP contribution in [0.25, 0.3) is 0 Å². The van der Waals surface area contributed by atoms with Gasteiger partial charge in [-0.1, -0.05) is 47.1 Å². The van der Waals surface area contributed by atoms with Crippen molar-refractivity contribution in [3.8, 4) is 0 Å². The molecular weight excluding hydrogens is 327 g/mol. The molecule has 0 saturated heterocycles. The van der Waals surface area contributed by atoms with E-state index in [1.54, 1.807) is 7.05 Å². The number of carbonyl (C=O) groups excluding carboxylic acids is 1. The molecule has 1 aliphatic rings. The second-order valence-electron chi connectivity index (χ2n) is 4.61. The third-order valence-corrected chi connectivity index (χ3v) is 5.28. The number of benzene rings is 2. The van der Waals surface area contributed by atoms with Gasteiger partial charge in [0.15, 0.2) is 0 Å². The molecule has 108 valence electrons. The SMILES string of the molecule is CNC1C(=O)Nc2cc(Sc3ccccc3Cl)c(Cl)cc21. The first kappa shape index (κ1) is 14.7. The van der Waals surface area contributed by atoms with Crippen molar-refractivity contribution in [1.82, 2.24) is 5.32 Å². The summed E-state index contributed by atoms with van der Waals surface area (Å²) in [6.07, 6.45) is 0. The molecule has 0 aromatic heterocycles. The number of nitrogens with one attached hydrogen (secondary N) is 2. The summed E-state index contributed by atoms with van der Waals surface area (Å²) in [6.45, 7) is 0. The fourth-order valence-corrected chi connectivity index (χ4v) is 3.69. The van der Waals surface area contributed by atoms with Gasteiger partial charge in [-0.15, -0.1) is 0 Å². The van der Waals surface area contributed by atoms with Crippen molar-refractivity contribution in [2.45, 2.75) is 15.8 Å². The topological polar surface area (TPSA) is 41.1 Å². The Kier molecular flexibility index (Phi) is 4.13. The zero-order valence-electron chi connectivity index (χ0n) is 11.1. The number of likely N-dealkylation sites (N-methyl/N-ethyl adjacent to an activating group) is 1. The highest BCUT2D eigenvalue weighted by molar-refractivity contribution is 7.99. The van der Waals surface area contributed by atoms with E-state index in [0.29, 0.717) is 10.0 Å². The van der Waals surface area contributed by atoms with E-state index in [0.717, 1.165) is 21.0 Å². The van der Waals surface area contributed by atoms with Gasteiger partial charge in [0.2, 0.25) is 5.91 Å². The highest BCUT2D eigenvalue weighted by Gasteiger charge is 2.30. The first-order valence-electron chi connectivity index (χ1n) is 6.34. The van der Waals surface area contributed by atoms with Gasteiger partial charge in [-0.25, -0.2) is 0 Å². The Hall–Kier alpha value is -1.20. The normalized spacial score (nSPS) is 16.7. The van der Waals surface area contributed by atoms with E-state index in [9.17, 15) is 4.79 Å². The maximum absolute atomic E-state index is 11.9. The summed E-state index contributed by atoms with van der Waals surface area (Å²) in [4.78, 5) is 13.6. The van der Waals surface area contributed by atoms with Crippen LogP contribution in [0.1, 0.15) is 11.6 Å². The fourth-order valence-electron chi connectivity index (χ4n) is 2.27. The molecule has 2 aromatic rings. The lowest BCUT2D eigenvalue weighted by molar-refractivity contribution is -0.117. The lowest BCUT2D eigenvalue weighted by atomic mass is 10.1. The van der Waals surface area contributed by atoms with E-state index in [2.05, 4.69) is 10.6 Å². The molecule has 6 heteroatoms. The summed E-state index contributed by atoms with van der Waals surface area (Å²) in [5, 5.41) is 7.12. The van der Waals surface area contributed by atoms with Crippen LogP contribution in [0.4, 0.5) is 5.69 Å². The van der Waals surface area contributed by atoms with Crippen LogP contribution < -0.4 is 10.6 Å². The van der Waals surface area contributed by atoms with E-state index in [4.69, 9.17) is 23.2 Å². The maximum Gasteiger partial charge on any atom is 0.246 e. The lowest BCUT2D eigenvalue weighted by Crippen LogP contribution is -2.23. The Balaban J connectivity index is 1.98. The number of hydrogen-bond acceptors (Lipinski definition) is 3. The van der Waals surface area contributed by atoms with Crippen molar-refractivity contribution in [1.29, 1.82) is 0 Å². The zero-order chi connectivity index (χ0) is 15.0. The number of carbonyl (C=O) groups is 1. The Bertz CT molecular complexity index is 721. The van der Waals surface area contributed by atoms with Gasteiger partial charge in [0.05, 0.1) is 10.0 Å². The molecule has 0 bridgehead atoms. The number of rotatable bonds is 3. The number of anilines is 1. The van der Waals surface area contributed by atoms with E-state index >= 15 is 0 Å². The smallest absolute Gasteiger partial charge is 0.246 e. The summed E-state index contributed by atoms with van der Waals surface area (Å²) in [7, 11) is 1.75.